The Morgan fingerprint density at radius 3 is 2.65 bits per heavy atom. The lowest BCUT2D eigenvalue weighted by Gasteiger charge is -2.22. The van der Waals surface area contributed by atoms with Gasteiger partial charge in [-0.25, -0.2) is 10.8 Å². The van der Waals surface area contributed by atoms with Crippen LogP contribution in [0.4, 0.5) is 5.82 Å². The molecule has 0 saturated carbocycles. The number of rotatable bonds is 7. The number of halogens is 1. The highest BCUT2D eigenvalue weighted by atomic mass is 35.5. The highest BCUT2D eigenvalue weighted by Crippen LogP contribution is 2.19. The highest BCUT2D eigenvalue weighted by Gasteiger charge is 2.15. The van der Waals surface area contributed by atoms with Crippen LogP contribution < -0.4 is 11.3 Å². The molecule has 1 rings (SSSR count). The monoisotopic (exact) mass is 299 g/mol. The summed E-state index contributed by atoms with van der Waals surface area (Å²) in [6, 6.07) is 1.58. The molecular weight excluding hydrogens is 278 g/mol. The lowest BCUT2D eigenvalue weighted by Crippen LogP contribution is -2.33. The summed E-state index contributed by atoms with van der Waals surface area (Å²) in [6.07, 6.45) is 2.41. The molecule has 0 aliphatic rings. The smallest absolute Gasteiger partial charge is 0.255 e. The molecule has 1 heterocycles. The number of aromatic nitrogens is 1. The molecule has 0 radical (unpaired) electrons. The van der Waals surface area contributed by atoms with Crippen LogP contribution in [0.15, 0.2) is 12.3 Å². The van der Waals surface area contributed by atoms with Gasteiger partial charge in [0.15, 0.2) is 5.82 Å². The van der Waals surface area contributed by atoms with E-state index >= 15 is 0 Å². The van der Waals surface area contributed by atoms with Crippen LogP contribution in [0, 0.1) is 0 Å². The van der Waals surface area contributed by atoms with Crippen LogP contribution in [0.1, 0.15) is 23.7 Å². The zero-order valence-electron chi connectivity index (χ0n) is 12.2. The van der Waals surface area contributed by atoms with Gasteiger partial charge in [0, 0.05) is 19.3 Å². The first-order valence-electron chi connectivity index (χ1n) is 6.55. The molecule has 7 heteroatoms. The van der Waals surface area contributed by atoms with Gasteiger partial charge in [0.25, 0.3) is 5.91 Å². The van der Waals surface area contributed by atoms with Crippen LogP contribution in [0.3, 0.4) is 0 Å². The molecule has 0 bridgehead atoms. The fraction of sp³-hybridized carbons (Fsp3) is 0.538. The average Bonchev–Trinajstić information content (AvgIpc) is 2.42. The molecule has 1 aromatic heterocycles. The summed E-state index contributed by atoms with van der Waals surface area (Å²) in [4.78, 5) is 20.3. The summed E-state index contributed by atoms with van der Waals surface area (Å²) >= 11 is 5.98. The van der Waals surface area contributed by atoms with E-state index in [2.05, 4.69) is 15.3 Å². The molecule has 20 heavy (non-hydrogen) atoms. The van der Waals surface area contributed by atoms with Crippen molar-refractivity contribution >= 4 is 23.3 Å². The van der Waals surface area contributed by atoms with Crippen molar-refractivity contribution in [1.29, 1.82) is 0 Å². The second-order valence-corrected chi connectivity index (χ2v) is 5.15. The molecule has 0 aliphatic carbocycles. The number of amides is 1. The number of hydrogen-bond donors (Lipinski definition) is 2. The number of hydrazine groups is 1. The molecule has 3 N–H and O–H groups in total. The maximum absolute atomic E-state index is 12.4. The van der Waals surface area contributed by atoms with Gasteiger partial charge in [-0.3, -0.25) is 4.79 Å². The van der Waals surface area contributed by atoms with Gasteiger partial charge in [-0.2, -0.15) is 0 Å². The summed E-state index contributed by atoms with van der Waals surface area (Å²) < 4.78 is 0. The molecule has 6 nitrogen and oxygen atoms in total. The van der Waals surface area contributed by atoms with Crippen molar-refractivity contribution in [2.24, 2.45) is 5.84 Å². The average molecular weight is 300 g/mol. The third kappa shape index (κ3) is 4.63. The van der Waals surface area contributed by atoms with Crippen LogP contribution in [0.25, 0.3) is 0 Å². The van der Waals surface area contributed by atoms with Crippen molar-refractivity contribution in [3.63, 3.8) is 0 Å². The lowest BCUT2D eigenvalue weighted by atomic mass is 10.2. The molecule has 1 aromatic rings. The molecule has 0 unspecified atom stereocenters. The number of carbonyl (C=O) groups is 1. The summed E-state index contributed by atoms with van der Waals surface area (Å²) in [7, 11) is 4.03. The Hall–Kier alpha value is -1.37. The number of nitrogen functional groups attached to an aromatic ring is 1. The Kier molecular flexibility index (Phi) is 6.70. The standard InChI is InChI=1S/C13H22ClN5O/c1-4-19(7-5-6-18(2)3)13(20)10-8-11(14)12(17-15)16-9-10/h8-9H,4-7,15H2,1-3H3,(H,16,17). The minimum absolute atomic E-state index is 0.0655. The molecule has 0 aliphatic heterocycles. The fourth-order valence-electron chi connectivity index (χ4n) is 1.82. The Balaban J connectivity index is 2.72. The maximum Gasteiger partial charge on any atom is 0.255 e. The van der Waals surface area contributed by atoms with Gasteiger partial charge in [-0.15, -0.1) is 0 Å². The fourth-order valence-corrected chi connectivity index (χ4v) is 2.05. The summed E-state index contributed by atoms with van der Waals surface area (Å²) in [5.41, 5.74) is 2.85. The molecule has 1 amide bonds. The van der Waals surface area contributed by atoms with Crippen LogP contribution in [0.5, 0.6) is 0 Å². The lowest BCUT2D eigenvalue weighted by molar-refractivity contribution is 0.0759. The largest absolute Gasteiger partial charge is 0.339 e. The van der Waals surface area contributed by atoms with Gasteiger partial charge in [0.1, 0.15) is 0 Å². The number of nitrogens with one attached hydrogen (secondary N) is 1. The van der Waals surface area contributed by atoms with E-state index in [9.17, 15) is 4.79 Å². The molecule has 0 atom stereocenters. The Morgan fingerprint density at radius 2 is 2.15 bits per heavy atom. The minimum Gasteiger partial charge on any atom is -0.339 e. The van der Waals surface area contributed by atoms with Crippen molar-refractivity contribution in [2.75, 3.05) is 39.2 Å². The van der Waals surface area contributed by atoms with Gasteiger partial charge in [0.05, 0.1) is 10.6 Å². The molecule has 0 spiro atoms. The van der Waals surface area contributed by atoms with E-state index in [0.29, 0.717) is 29.5 Å². The Morgan fingerprint density at radius 1 is 1.45 bits per heavy atom. The molecule has 0 fully saturated rings. The number of nitrogens with two attached hydrogens (primary N) is 1. The van der Waals surface area contributed by atoms with Gasteiger partial charge < -0.3 is 15.2 Å². The molecule has 112 valence electrons. The Bertz CT molecular complexity index is 452. The number of anilines is 1. The van der Waals surface area contributed by atoms with Gasteiger partial charge in [0.2, 0.25) is 0 Å². The number of pyridine rings is 1. The first-order chi connectivity index (χ1) is 9.49. The van der Waals surface area contributed by atoms with Crippen molar-refractivity contribution in [2.45, 2.75) is 13.3 Å². The topological polar surface area (TPSA) is 74.5 Å². The number of hydrogen-bond acceptors (Lipinski definition) is 5. The first-order valence-corrected chi connectivity index (χ1v) is 6.93. The van der Waals surface area contributed by atoms with Crippen LogP contribution in [0.2, 0.25) is 5.02 Å². The van der Waals surface area contributed by atoms with E-state index in [0.717, 1.165) is 13.0 Å². The van der Waals surface area contributed by atoms with Crippen molar-refractivity contribution < 1.29 is 4.79 Å². The SMILES string of the molecule is CCN(CCCN(C)C)C(=O)c1cnc(NN)c(Cl)c1. The molecular formula is C13H22ClN5O. The van der Waals surface area contributed by atoms with E-state index in [1.54, 1.807) is 11.0 Å². The van der Waals surface area contributed by atoms with Crippen molar-refractivity contribution in [3.05, 3.63) is 22.8 Å². The zero-order chi connectivity index (χ0) is 15.1. The number of carbonyl (C=O) groups excluding carboxylic acids is 1. The summed E-state index contributed by atoms with van der Waals surface area (Å²) in [5, 5.41) is 0.336. The van der Waals surface area contributed by atoms with Gasteiger partial charge >= 0.3 is 0 Å². The summed E-state index contributed by atoms with van der Waals surface area (Å²) in [5.74, 6) is 5.55. The van der Waals surface area contributed by atoms with Crippen LogP contribution in [-0.4, -0.2) is 54.4 Å². The van der Waals surface area contributed by atoms with Crippen molar-refractivity contribution in [1.82, 2.24) is 14.8 Å². The van der Waals surface area contributed by atoms with E-state index < -0.39 is 0 Å². The van der Waals surface area contributed by atoms with Gasteiger partial charge in [-0.1, -0.05) is 11.6 Å². The molecule has 0 aromatic carbocycles. The van der Waals surface area contributed by atoms with Crippen molar-refractivity contribution in [3.8, 4) is 0 Å². The normalized spacial score (nSPS) is 10.7. The zero-order valence-corrected chi connectivity index (χ0v) is 12.9. The predicted molar refractivity (Wildman–Crippen MR) is 81.8 cm³/mol. The minimum atomic E-state index is -0.0655. The number of nitrogens with zero attached hydrogens (tertiary/aromatic N) is 3. The first kappa shape index (κ1) is 16.7. The van der Waals surface area contributed by atoms with E-state index in [1.165, 1.54) is 6.20 Å². The maximum atomic E-state index is 12.4. The quantitative estimate of drug-likeness (QED) is 0.588. The van der Waals surface area contributed by atoms with Gasteiger partial charge in [-0.05, 0) is 40.1 Å². The van der Waals surface area contributed by atoms with Crippen LogP contribution in [-0.2, 0) is 0 Å². The summed E-state index contributed by atoms with van der Waals surface area (Å²) in [6.45, 7) is 4.26. The molecule has 0 saturated heterocycles. The van der Waals surface area contributed by atoms with E-state index in [4.69, 9.17) is 17.4 Å². The predicted octanol–water partition coefficient (Wildman–Crippen LogP) is 1.43. The third-order valence-electron chi connectivity index (χ3n) is 2.93. The second kappa shape index (κ2) is 8.04. The Labute approximate surface area is 124 Å². The highest BCUT2D eigenvalue weighted by molar-refractivity contribution is 6.33. The van der Waals surface area contributed by atoms with E-state index in [1.807, 2.05) is 21.0 Å². The third-order valence-corrected chi connectivity index (χ3v) is 3.22. The second-order valence-electron chi connectivity index (χ2n) is 4.74. The van der Waals surface area contributed by atoms with Crippen LogP contribution >= 0.6 is 11.6 Å². The van der Waals surface area contributed by atoms with E-state index in [-0.39, 0.29) is 5.91 Å².